The molecule has 18 heavy (non-hydrogen) atoms. The van der Waals surface area contributed by atoms with Crippen LogP contribution in [-0.2, 0) is 16.4 Å². The van der Waals surface area contributed by atoms with Crippen LogP contribution < -0.4 is 9.60 Å². The highest BCUT2D eigenvalue weighted by Gasteiger charge is 2.21. The molecule has 0 fully saturated rings. The number of hydrogen-bond acceptors (Lipinski definition) is 5. The summed E-state index contributed by atoms with van der Waals surface area (Å²) in [5.74, 6) is 0.215. The molecule has 0 bridgehead atoms. The SMILES string of the molecule is CCc1cc(NS(=O)(=O)c2sc(=O)[nH]c2C)n[nH]1. The van der Waals surface area contributed by atoms with E-state index in [0.717, 1.165) is 12.1 Å². The topological polar surface area (TPSA) is 108 Å². The van der Waals surface area contributed by atoms with Crippen molar-refractivity contribution in [1.82, 2.24) is 15.2 Å². The Labute approximate surface area is 107 Å². The molecular weight excluding hydrogens is 276 g/mol. The molecule has 0 unspecified atom stereocenters. The Hall–Kier alpha value is -1.61. The van der Waals surface area contributed by atoms with Crippen molar-refractivity contribution >= 4 is 27.2 Å². The van der Waals surface area contributed by atoms with Crippen molar-refractivity contribution in [3.8, 4) is 0 Å². The third-order valence-electron chi connectivity index (χ3n) is 2.28. The average molecular weight is 288 g/mol. The highest BCUT2D eigenvalue weighted by atomic mass is 32.2. The predicted molar refractivity (Wildman–Crippen MR) is 68.5 cm³/mol. The van der Waals surface area contributed by atoms with Crippen molar-refractivity contribution in [2.75, 3.05) is 4.72 Å². The van der Waals surface area contributed by atoms with Crippen LogP contribution >= 0.6 is 11.3 Å². The van der Waals surface area contributed by atoms with Crippen molar-refractivity contribution < 1.29 is 8.42 Å². The van der Waals surface area contributed by atoms with Crippen LogP contribution in [0.4, 0.5) is 5.82 Å². The first-order valence-electron chi connectivity index (χ1n) is 5.19. The number of anilines is 1. The van der Waals surface area contributed by atoms with Gasteiger partial charge in [0.25, 0.3) is 10.0 Å². The van der Waals surface area contributed by atoms with Gasteiger partial charge < -0.3 is 4.98 Å². The molecule has 0 radical (unpaired) electrons. The molecule has 0 aromatic carbocycles. The predicted octanol–water partition coefficient (Wildman–Crippen LogP) is 0.831. The molecule has 7 nitrogen and oxygen atoms in total. The van der Waals surface area contributed by atoms with Gasteiger partial charge in [-0.1, -0.05) is 18.3 Å². The summed E-state index contributed by atoms with van der Waals surface area (Å²) in [6.45, 7) is 3.46. The lowest BCUT2D eigenvalue weighted by Gasteiger charge is -2.02. The molecule has 0 aliphatic carbocycles. The first kappa shape index (κ1) is 12.8. The zero-order valence-corrected chi connectivity index (χ0v) is 11.4. The Morgan fingerprint density at radius 1 is 1.50 bits per heavy atom. The van der Waals surface area contributed by atoms with Crippen molar-refractivity contribution in [3.63, 3.8) is 0 Å². The van der Waals surface area contributed by atoms with Crippen LogP contribution in [0, 0.1) is 6.92 Å². The molecule has 2 aromatic rings. The maximum Gasteiger partial charge on any atom is 0.306 e. The standard InChI is InChI=1S/C9H12N4O3S2/c1-3-6-4-7(12-11-6)13-18(15,16)8-5(2)10-9(14)17-8/h4H,3H2,1-2H3,(H,10,14)(H2,11,12,13). The largest absolute Gasteiger partial charge is 0.315 e. The smallest absolute Gasteiger partial charge is 0.306 e. The zero-order valence-electron chi connectivity index (χ0n) is 9.77. The maximum atomic E-state index is 12.0. The van der Waals surface area contributed by atoms with E-state index in [-0.39, 0.29) is 10.0 Å². The quantitative estimate of drug-likeness (QED) is 0.774. The van der Waals surface area contributed by atoms with Crippen LogP contribution in [0.2, 0.25) is 0 Å². The Kier molecular flexibility index (Phi) is 3.26. The van der Waals surface area contributed by atoms with Crippen molar-refractivity contribution in [2.24, 2.45) is 0 Å². The number of H-pyrrole nitrogens is 2. The Morgan fingerprint density at radius 2 is 2.22 bits per heavy atom. The fourth-order valence-corrected chi connectivity index (χ4v) is 3.72. The normalized spacial score (nSPS) is 11.7. The third-order valence-corrected chi connectivity index (χ3v) is 5.24. The van der Waals surface area contributed by atoms with Crippen LogP contribution in [0.3, 0.4) is 0 Å². The second-order valence-electron chi connectivity index (χ2n) is 3.66. The molecule has 98 valence electrons. The minimum Gasteiger partial charge on any atom is -0.315 e. The van der Waals surface area contributed by atoms with E-state index >= 15 is 0 Å². The van der Waals surface area contributed by atoms with E-state index in [1.807, 2.05) is 6.92 Å². The van der Waals surface area contributed by atoms with Crippen molar-refractivity contribution in [1.29, 1.82) is 0 Å². The average Bonchev–Trinajstić information content (AvgIpc) is 2.84. The molecule has 0 amide bonds. The highest BCUT2D eigenvalue weighted by Crippen LogP contribution is 2.19. The molecule has 9 heteroatoms. The third kappa shape index (κ3) is 2.46. The number of nitrogens with one attached hydrogen (secondary N) is 3. The highest BCUT2D eigenvalue weighted by molar-refractivity contribution is 7.94. The monoisotopic (exact) mass is 288 g/mol. The lowest BCUT2D eigenvalue weighted by Crippen LogP contribution is -2.12. The van der Waals surface area contributed by atoms with E-state index in [1.165, 1.54) is 6.92 Å². The summed E-state index contributed by atoms with van der Waals surface area (Å²) in [7, 11) is -3.76. The van der Waals surface area contributed by atoms with Gasteiger partial charge in [0, 0.05) is 17.5 Å². The fourth-order valence-electron chi connectivity index (χ4n) is 1.43. The minimum absolute atomic E-state index is 0.0199. The number of nitrogens with zero attached hydrogens (tertiary/aromatic N) is 1. The molecule has 0 spiro atoms. The van der Waals surface area contributed by atoms with E-state index in [1.54, 1.807) is 6.07 Å². The van der Waals surface area contributed by atoms with Crippen LogP contribution in [0.15, 0.2) is 15.1 Å². The van der Waals surface area contributed by atoms with E-state index in [0.29, 0.717) is 17.0 Å². The van der Waals surface area contributed by atoms with Crippen molar-refractivity contribution in [2.45, 2.75) is 24.5 Å². The van der Waals surface area contributed by atoms with Gasteiger partial charge in [-0.25, -0.2) is 8.42 Å². The summed E-state index contributed by atoms with van der Waals surface area (Å²) in [6.07, 6.45) is 0.727. The molecule has 0 aliphatic heterocycles. The summed E-state index contributed by atoms with van der Waals surface area (Å²) in [6, 6.07) is 1.61. The maximum absolute atomic E-state index is 12.0. The van der Waals surface area contributed by atoms with E-state index < -0.39 is 14.9 Å². The summed E-state index contributed by atoms with van der Waals surface area (Å²) < 4.78 is 26.3. The van der Waals surface area contributed by atoms with Crippen LogP contribution in [-0.4, -0.2) is 23.6 Å². The van der Waals surface area contributed by atoms with Gasteiger partial charge in [0.05, 0.1) is 0 Å². The van der Waals surface area contributed by atoms with E-state index in [9.17, 15) is 13.2 Å². The first-order chi connectivity index (χ1) is 8.42. The first-order valence-corrected chi connectivity index (χ1v) is 7.49. The number of aromatic nitrogens is 3. The van der Waals surface area contributed by atoms with Gasteiger partial charge in [-0.2, -0.15) is 5.10 Å². The fraction of sp³-hybridized carbons (Fsp3) is 0.333. The van der Waals surface area contributed by atoms with Crippen LogP contribution in [0.1, 0.15) is 18.3 Å². The summed E-state index contributed by atoms with van der Waals surface area (Å²) in [4.78, 5) is 13.1. The van der Waals surface area contributed by atoms with Gasteiger partial charge in [0.1, 0.15) is 0 Å². The molecule has 2 rings (SSSR count). The molecule has 0 atom stereocenters. The van der Waals surface area contributed by atoms with Gasteiger partial charge in [0.15, 0.2) is 10.0 Å². The van der Waals surface area contributed by atoms with Crippen LogP contribution in [0.25, 0.3) is 0 Å². The van der Waals surface area contributed by atoms with Gasteiger partial charge in [0.2, 0.25) is 0 Å². The van der Waals surface area contributed by atoms with Gasteiger partial charge in [-0.15, -0.1) is 0 Å². The lowest BCUT2D eigenvalue weighted by molar-refractivity contribution is 0.602. The number of thiazole rings is 1. The molecule has 0 aliphatic rings. The second-order valence-corrected chi connectivity index (χ2v) is 6.53. The number of hydrogen-bond donors (Lipinski definition) is 3. The number of aryl methyl sites for hydroxylation is 2. The minimum atomic E-state index is -3.76. The molecule has 0 saturated heterocycles. The van der Waals surface area contributed by atoms with Crippen molar-refractivity contribution in [3.05, 3.63) is 27.1 Å². The number of rotatable bonds is 4. The van der Waals surface area contributed by atoms with Gasteiger partial charge in [-0.05, 0) is 13.3 Å². The molecule has 3 N–H and O–H groups in total. The second kappa shape index (κ2) is 4.58. The number of aromatic amines is 2. The summed E-state index contributed by atoms with van der Waals surface area (Å²) in [5.41, 5.74) is 1.15. The molecule has 2 heterocycles. The lowest BCUT2D eigenvalue weighted by atomic mass is 10.3. The molecular formula is C9H12N4O3S2. The molecule has 0 saturated carbocycles. The number of sulfonamides is 1. The van der Waals surface area contributed by atoms with E-state index in [2.05, 4.69) is 19.9 Å². The van der Waals surface area contributed by atoms with E-state index in [4.69, 9.17) is 0 Å². The van der Waals surface area contributed by atoms with Gasteiger partial charge >= 0.3 is 4.87 Å². The Bertz CT molecular complexity index is 710. The summed E-state index contributed by atoms with van der Waals surface area (Å²) >= 11 is 0.654. The Morgan fingerprint density at radius 3 is 2.72 bits per heavy atom. The zero-order chi connectivity index (χ0) is 13.3. The van der Waals surface area contributed by atoms with Gasteiger partial charge in [-0.3, -0.25) is 14.6 Å². The Balaban J connectivity index is 2.32. The molecule has 2 aromatic heterocycles. The van der Waals surface area contributed by atoms with Crippen LogP contribution in [0.5, 0.6) is 0 Å². The summed E-state index contributed by atoms with van der Waals surface area (Å²) in [5, 5.41) is 6.54.